The number of rotatable bonds is 3. The van der Waals surface area contributed by atoms with E-state index in [4.69, 9.17) is 9.47 Å². The second kappa shape index (κ2) is 6.37. The highest BCUT2D eigenvalue weighted by Gasteiger charge is 2.38. The first kappa shape index (κ1) is 14.2. The van der Waals surface area contributed by atoms with Crippen LogP contribution >= 0.6 is 11.8 Å². The van der Waals surface area contributed by atoms with Gasteiger partial charge in [-0.1, -0.05) is 6.07 Å². The molecule has 1 spiro atoms. The van der Waals surface area contributed by atoms with Crippen molar-refractivity contribution in [3.63, 3.8) is 0 Å². The minimum absolute atomic E-state index is 0.0608. The SMILES string of the molecule is CSc1cccc(NC2CCOC3(CCOCC3)C2)c1. The number of anilines is 1. The molecule has 0 aliphatic carbocycles. The lowest BCUT2D eigenvalue weighted by atomic mass is 9.84. The molecule has 2 heterocycles. The topological polar surface area (TPSA) is 30.5 Å². The summed E-state index contributed by atoms with van der Waals surface area (Å²) in [5.74, 6) is 0. The van der Waals surface area contributed by atoms with E-state index in [1.54, 1.807) is 11.8 Å². The van der Waals surface area contributed by atoms with Gasteiger partial charge in [-0.05, 0) is 50.1 Å². The average molecular weight is 293 g/mol. The number of ether oxygens (including phenoxy) is 2. The molecule has 20 heavy (non-hydrogen) atoms. The molecule has 0 saturated carbocycles. The molecule has 1 atom stereocenters. The molecule has 1 N–H and O–H groups in total. The Kier molecular flexibility index (Phi) is 4.54. The van der Waals surface area contributed by atoms with Crippen molar-refractivity contribution in [1.29, 1.82) is 0 Å². The van der Waals surface area contributed by atoms with Crippen LogP contribution in [-0.4, -0.2) is 37.7 Å². The molecule has 2 aliphatic heterocycles. The third kappa shape index (κ3) is 3.30. The smallest absolute Gasteiger partial charge is 0.0745 e. The first-order chi connectivity index (χ1) is 9.80. The highest BCUT2D eigenvalue weighted by molar-refractivity contribution is 7.98. The Labute approximate surface area is 125 Å². The average Bonchev–Trinajstić information content (AvgIpc) is 2.48. The number of hydrogen-bond acceptors (Lipinski definition) is 4. The van der Waals surface area contributed by atoms with Crippen molar-refractivity contribution in [2.45, 2.75) is 42.2 Å². The summed E-state index contributed by atoms with van der Waals surface area (Å²) in [5, 5.41) is 3.69. The van der Waals surface area contributed by atoms with Gasteiger partial charge in [-0.3, -0.25) is 0 Å². The lowest BCUT2D eigenvalue weighted by Crippen LogP contribution is -2.47. The van der Waals surface area contributed by atoms with Gasteiger partial charge in [-0.25, -0.2) is 0 Å². The Morgan fingerprint density at radius 1 is 1.25 bits per heavy atom. The summed E-state index contributed by atoms with van der Waals surface area (Å²) in [6, 6.07) is 9.18. The van der Waals surface area contributed by atoms with Crippen LogP contribution in [0.15, 0.2) is 29.2 Å². The quantitative estimate of drug-likeness (QED) is 0.863. The van der Waals surface area contributed by atoms with E-state index in [0.717, 1.165) is 45.5 Å². The van der Waals surface area contributed by atoms with Gasteiger partial charge >= 0.3 is 0 Å². The molecule has 2 aliphatic rings. The van der Waals surface area contributed by atoms with Crippen molar-refractivity contribution < 1.29 is 9.47 Å². The maximum absolute atomic E-state index is 6.10. The number of thioether (sulfide) groups is 1. The maximum Gasteiger partial charge on any atom is 0.0745 e. The summed E-state index contributed by atoms with van der Waals surface area (Å²) in [6.45, 7) is 2.54. The first-order valence-corrected chi connectivity index (χ1v) is 8.64. The largest absolute Gasteiger partial charge is 0.382 e. The summed E-state index contributed by atoms with van der Waals surface area (Å²) in [6.07, 6.45) is 6.38. The van der Waals surface area contributed by atoms with Gasteiger partial charge in [0.1, 0.15) is 0 Å². The molecule has 1 unspecified atom stereocenters. The van der Waals surface area contributed by atoms with Crippen LogP contribution in [0.1, 0.15) is 25.7 Å². The molecule has 0 amide bonds. The molecule has 1 aromatic rings. The van der Waals surface area contributed by atoms with E-state index in [2.05, 4.69) is 35.8 Å². The van der Waals surface area contributed by atoms with E-state index in [1.165, 1.54) is 10.6 Å². The molecule has 110 valence electrons. The van der Waals surface area contributed by atoms with E-state index in [9.17, 15) is 0 Å². The van der Waals surface area contributed by atoms with Crippen LogP contribution in [0.2, 0.25) is 0 Å². The molecule has 0 radical (unpaired) electrons. The van der Waals surface area contributed by atoms with Crippen molar-refractivity contribution in [2.75, 3.05) is 31.4 Å². The Morgan fingerprint density at radius 2 is 2.10 bits per heavy atom. The third-order valence-electron chi connectivity index (χ3n) is 4.34. The van der Waals surface area contributed by atoms with Gasteiger partial charge in [0, 0.05) is 36.4 Å². The van der Waals surface area contributed by atoms with Crippen LogP contribution in [-0.2, 0) is 9.47 Å². The van der Waals surface area contributed by atoms with Crippen molar-refractivity contribution in [2.24, 2.45) is 0 Å². The Bertz CT molecular complexity index is 440. The molecule has 0 bridgehead atoms. The minimum Gasteiger partial charge on any atom is -0.382 e. The number of benzene rings is 1. The van der Waals surface area contributed by atoms with Crippen LogP contribution in [0.25, 0.3) is 0 Å². The number of hydrogen-bond donors (Lipinski definition) is 1. The second-order valence-electron chi connectivity index (χ2n) is 5.71. The fraction of sp³-hybridized carbons (Fsp3) is 0.625. The van der Waals surface area contributed by atoms with Crippen molar-refractivity contribution in [3.8, 4) is 0 Å². The predicted octanol–water partition coefficient (Wildman–Crippen LogP) is 3.55. The van der Waals surface area contributed by atoms with E-state index in [-0.39, 0.29) is 5.60 Å². The zero-order chi connectivity index (χ0) is 13.8. The fourth-order valence-corrected chi connectivity index (χ4v) is 3.65. The van der Waals surface area contributed by atoms with Crippen molar-refractivity contribution in [3.05, 3.63) is 24.3 Å². The zero-order valence-corrected chi connectivity index (χ0v) is 12.9. The van der Waals surface area contributed by atoms with Crippen LogP contribution in [0.3, 0.4) is 0 Å². The van der Waals surface area contributed by atoms with E-state index in [1.807, 2.05) is 0 Å². The fourth-order valence-electron chi connectivity index (χ4n) is 3.19. The highest BCUT2D eigenvalue weighted by atomic mass is 32.2. The normalized spacial score (nSPS) is 25.6. The summed E-state index contributed by atoms with van der Waals surface area (Å²) >= 11 is 1.79. The second-order valence-corrected chi connectivity index (χ2v) is 6.59. The summed E-state index contributed by atoms with van der Waals surface area (Å²) in [5.41, 5.74) is 1.29. The summed E-state index contributed by atoms with van der Waals surface area (Å²) in [7, 11) is 0. The highest BCUT2D eigenvalue weighted by Crippen LogP contribution is 2.35. The Hall–Kier alpha value is -0.710. The number of nitrogens with one attached hydrogen (secondary N) is 1. The standard InChI is InChI=1S/C16H23NO2S/c1-20-15-4-2-3-13(11-15)17-14-5-8-19-16(12-14)6-9-18-10-7-16/h2-4,11,14,17H,5-10,12H2,1H3. The molecule has 4 heteroatoms. The van der Waals surface area contributed by atoms with Crippen molar-refractivity contribution in [1.82, 2.24) is 0 Å². The predicted molar refractivity (Wildman–Crippen MR) is 83.6 cm³/mol. The molecule has 0 aromatic heterocycles. The van der Waals surface area contributed by atoms with E-state index in [0.29, 0.717) is 6.04 Å². The van der Waals surface area contributed by atoms with Crippen molar-refractivity contribution >= 4 is 17.4 Å². The molecule has 2 fully saturated rings. The molecular weight excluding hydrogens is 270 g/mol. The first-order valence-electron chi connectivity index (χ1n) is 7.42. The van der Waals surface area contributed by atoms with Gasteiger partial charge in [0.2, 0.25) is 0 Å². The zero-order valence-electron chi connectivity index (χ0n) is 12.1. The van der Waals surface area contributed by atoms with Crippen LogP contribution in [0, 0.1) is 0 Å². The van der Waals surface area contributed by atoms with Crippen LogP contribution in [0.5, 0.6) is 0 Å². The van der Waals surface area contributed by atoms with E-state index >= 15 is 0 Å². The van der Waals surface area contributed by atoms with Crippen LogP contribution < -0.4 is 5.32 Å². The van der Waals surface area contributed by atoms with Gasteiger partial charge in [0.15, 0.2) is 0 Å². The van der Waals surface area contributed by atoms with Gasteiger partial charge in [0.05, 0.1) is 5.60 Å². The molecule has 2 saturated heterocycles. The maximum atomic E-state index is 6.10. The van der Waals surface area contributed by atoms with Gasteiger partial charge in [-0.15, -0.1) is 11.8 Å². The molecule has 3 rings (SSSR count). The lowest BCUT2D eigenvalue weighted by Gasteiger charge is -2.43. The van der Waals surface area contributed by atoms with E-state index < -0.39 is 0 Å². The van der Waals surface area contributed by atoms with Gasteiger partial charge in [0.25, 0.3) is 0 Å². The molecule has 1 aromatic carbocycles. The lowest BCUT2D eigenvalue weighted by molar-refractivity contribution is -0.135. The Balaban J connectivity index is 1.64. The van der Waals surface area contributed by atoms with Gasteiger partial charge < -0.3 is 14.8 Å². The molecular formula is C16H23NO2S. The summed E-state index contributed by atoms with van der Waals surface area (Å²) < 4.78 is 11.6. The Morgan fingerprint density at radius 3 is 2.90 bits per heavy atom. The van der Waals surface area contributed by atoms with Gasteiger partial charge in [-0.2, -0.15) is 0 Å². The minimum atomic E-state index is 0.0608. The third-order valence-corrected chi connectivity index (χ3v) is 5.06. The van der Waals surface area contributed by atoms with Crippen LogP contribution in [0.4, 0.5) is 5.69 Å². The monoisotopic (exact) mass is 293 g/mol. The molecule has 3 nitrogen and oxygen atoms in total. The summed E-state index contributed by atoms with van der Waals surface area (Å²) in [4.78, 5) is 1.31.